The van der Waals surface area contributed by atoms with Crippen molar-refractivity contribution >= 4 is 10.8 Å². The van der Waals surface area contributed by atoms with E-state index in [0.717, 1.165) is 38.6 Å². The molecule has 0 fully saturated rings. The number of benzene rings is 4. The minimum absolute atomic E-state index is 0.347. The van der Waals surface area contributed by atoms with Gasteiger partial charge >= 0.3 is 0 Å². The van der Waals surface area contributed by atoms with Crippen LogP contribution in [0.2, 0.25) is 0 Å². The van der Waals surface area contributed by atoms with Crippen molar-refractivity contribution in [2.75, 3.05) is 7.11 Å². The Kier molecular flexibility index (Phi) is 6.66. The van der Waals surface area contributed by atoms with Crippen molar-refractivity contribution < 1.29 is 9.84 Å². The summed E-state index contributed by atoms with van der Waals surface area (Å²) in [5.74, 6) is 0.0277. The molecule has 0 aliphatic carbocycles. The van der Waals surface area contributed by atoms with Gasteiger partial charge in [0, 0.05) is 23.2 Å². The Morgan fingerprint density at radius 1 is 0.861 bits per heavy atom. The first-order valence-corrected chi connectivity index (χ1v) is 12.1. The lowest BCUT2D eigenvalue weighted by Crippen LogP contribution is -2.34. The predicted molar refractivity (Wildman–Crippen MR) is 147 cm³/mol. The third-order valence-electron chi connectivity index (χ3n) is 6.81. The van der Waals surface area contributed by atoms with E-state index in [1.54, 1.807) is 13.2 Å². The fraction of sp³-hybridized carbons (Fsp3) is 0.121. The van der Waals surface area contributed by atoms with Crippen molar-refractivity contribution in [1.82, 2.24) is 4.98 Å². The van der Waals surface area contributed by atoms with Gasteiger partial charge in [-0.15, -0.1) is 6.58 Å². The largest absolute Gasteiger partial charge is 0.481 e. The lowest BCUT2D eigenvalue weighted by Gasteiger charge is -2.38. The molecule has 1 N–H and O–H groups in total. The zero-order valence-electron chi connectivity index (χ0n) is 20.3. The van der Waals surface area contributed by atoms with Crippen LogP contribution in [0.15, 0.2) is 128 Å². The molecular weight excluding hydrogens is 442 g/mol. The summed E-state index contributed by atoms with van der Waals surface area (Å²) in [4.78, 5) is 4.69. The predicted octanol–water partition coefficient (Wildman–Crippen LogP) is 7.51. The highest BCUT2D eigenvalue weighted by Gasteiger charge is 2.42. The number of nitrogens with zero attached hydrogens (tertiary/aromatic N) is 1. The van der Waals surface area contributed by atoms with E-state index < -0.39 is 11.5 Å². The number of aromatic nitrogens is 1. The monoisotopic (exact) mass is 471 g/mol. The van der Waals surface area contributed by atoms with Crippen molar-refractivity contribution in [3.63, 3.8) is 0 Å². The molecule has 4 aromatic carbocycles. The maximum Gasteiger partial charge on any atom is 0.217 e. The smallest absolute Gasteiger partial charge is 0.217 e. The Balaban J connectivity index is 1.81. The number of ether oxygens (including phenoxy) is 1. The number of hydrogen-bond donors (Lipinski definition) is 1. The van der Waals surface area contributed by atoms with Crippen molar-refractivity contribution in [3.05, 3.63) is 145 Å². The molecule has 0 saturated heterocycles. The topological polar surface area (TPSA) is 42.4 Å². The normalized spacial score (nSPS) is 13.6. The highest BCUT2D eigenvalue weighted by molar-refractivity contribution is 5.86. The van der Waals surface area contributed by atoms with Crippen LogP contribution in [0.3, 0.4) is 0 Å². The third-order valence-corrected chi connectivity index (χ3v) is 6.81. The quantitative estimate of drug-likeness (QED) is 0.238. The summed E-state index contributed by atoms with van der Waals surface area (Å²) in [6, 6.07) is 36.6. The highest BCUT2D eigenvalue weighted by atomic mass is 16.5. The van der Waals surface area contributed by atoms with Crippen LogP contribution in [0.1, 0.15) is 29.0 Å². The Labute approximate surface area is 212 Å². The van der Waals surface area contributed by atoms with E-state index in [-0.39, 0.29) is 0 Å². The summed E-state index contributed by atoms with van der Waals surface area (Å²) in [7, 11) is 1.63. The second-order valence-electron chi connectivity index (χ2n) is 8.98. The van der Waals surface area contributed by atoms with Crippen LogP contribution in [-0.2, 0) is 5.60 Å². The van der Waals surface area contributed by atoms with E-state index in [4.69, 9.17) is 9.72 Å². The number of aliphatic hydroxyl groups is 1. The van der Waals surface area contributed by atoms with Gasteiger partial charge in [-0.05, 0) is 39.9 Å². The van der Waals surface area contributed by atoms with Crippen molar-refractivity contribution in [2.45, 2.75) is 17.9 Å². The fourth-order valence-corrected chi connectivity index (χ4v) is 5.20. The molecular formula is C33H29NO2. The average molecular weight is 472 g/mol. The van der Waals surface area contributed by atoms with Gasteiger partial charge in [0.2, 0.25) is 5.88 Å². The minimum Gasteiger partial charge on any atom is -0.481 e. The summed E-state index contributed by atoms with van der Waals surface area (Å²) < 4.78 is 5.79. The molecule has 0 aliphatic rings. The highest BCUT2D eigenvalue weighted by Crippen LogP contribution is 2.49. The van der Waals surface area contributed by atoms with Crippen LogP contribution < -0.4 is 4.74 Å². The fourth-order valence-electron chi connectivity index (χ4n) is 5.20. The molecule has 2 unspecified atom stereocenters. The molecule has 0 radical (unpaired) electrons. The standard InChI is InChI=1S/C33H29NO2/c1-3-21-33(35,30-20-12-18-25-15-10-11-19-28(25)30)31(26-16-8-5-9-17-26)29-22-27(23-34-32(29)36-2)24-13-6-4-7-14-24/h3-20,22-23,31,35H,1,21H2,2H3. The van der Waals surface area contributed by atoms with Gasteiger partial charge in [-0.2, -0.15) is 0 Å². The van der Waals surface area contributed by atoms with Crippen LogP contribution in [0.25, 0.3) is 21.9 Å². The summed E-state index contributed by atoms with van der Waals surface area (Å²) in [6.45, 7) is 4.02. The Morgan fingerprint density at radius 2 is 1.53 bits per heavy atom. The Hall–Kier alpha value is -4.21. The van der Waals surface area contributed by atoms with Gasteiger partial charge in [0.25, 0.3) is 0 Å². The van der Waals surface area contributed by atoms with E-state index in [2.05, 4.69) is 55.1 Å². The zero-order valence-corrected chi connectivity index (χ0v) is 20.3. The van der Waals surface area contributed by atoms with Gasteiger partial charge in [0.15, 0.2) is 0 Å². The molecule has 36 heavy (non-hydrogen) atoms. The first-order valence-electron chi connectivity index (χ1n) is 12.1. The first kappa shape index (κ1) is 23.5. The van der Waals surface area contributed by atoms with Crippen molar-refractivity contribution in [2.24, 2.45) is 0 Å². The molecule has 2 atom stereocenters. The van der Waals surface area contributed by atoms with Gasteiger partial charge in [-0.3, -0.25) is 0 Å². The molecule has 5 rings (SSSR count). The van der Waals surface area contributed by atoms with E-state index in [1.807, 2.05) is 66.9 Å². The van der Waals surface area contributed by atoms with Crippen LogP contribution in [0, 0.1) is 0 Å². The van der Waals surface area contributed by atoms with Gasteiger partial charge in [-0.25, -0.2) is 4.98 Å². The zero-order chi connectivity index (χ0) is 25.0. The van der Waals surface area contributed by atoms with Crippen molar-refractivity contribution in [3.8, 4) is 17.0 Å². The number of hydrogen-bond acceptors (Lipinski definition) is 3. The van der Waals surface area contributed by atoms with Crippen LogP contribution in [0.4, 0.5) is 0 Å². The first-order chi connectivity index (χ1) is 17.7. The molecule has 0 aliphatic heterocycles. The second kappa shape index (κ2) is 10.2. The number of methoxy groups -OCH3 is 1. The maximum atomic E-state index is 12.8. The minimum atomic E-state index is -1.31. The summed E-state index contributed by atoms with van der Waals surface area (Å²) in [5.41, 5.74) is 3.35. The molecule has 0 saturated carbocycles. The lowest BCUT2D eigenvalue weighted by atomic mass is 9.70. The summed E-state index contributed by atoms with van der Waals surface area (Å²) >= 11 is 0. The van der Waals surface area contributed by atoms with Gasteiger partial charge in [-0.1, -0.05) is 109 Å². The number of pyridine rings is 1. The van der Waals surface area contributed by atoms with Gasteiger partial charge < -0.3 is 9.84 Å². The molecule has 3 heteroatoms. The molecule has 1 aromatic heterocycles. The van der Waals surface area contributed by atoms with Crippen LogP contribution >= 0.6 is 0 Å². The van der Waals surface area contributed by atoms with E-state index in [0.29, 0.717) is 12.3 Å². The molecule has 5 aromatic rings. The number of rotatable bonds is 8. The molecule has 1 heterocycles. The lowest BCUT2D eigenvalue weighted by molar-refractivity contribution is 0.0228. The van der Waals surface area contributed by atoms with E-state index in [9.17, 15) is 5.11 Å². The average Bonchev–Trinajstić information content (AvgIpc) is 2.94. The second-order valence-corrected chi connectivity index (χ2v) is 8.98. The Bertz CT molecular complexity index is 1470. The number of fused-ring (bicyclic) bond motifs is 1. The molecule has 3 nitrogen and oxygen atoms in total. The van der Waals surface area contributed by atoms with Crippen LogP contribution in [0.5, 0.6) is 5.88 Å². The summed E-state index contributed by atoms with van der Waals surface area (Å²) in [5, 5.41) is 14.9. The van der Waals surface area contributed by atoms with Gasteiger partial charge in [0.1, 0.15) is 5.60 Å². The molecule has 0 bridgehead atoms. The maximum absolute atomic E-state index is 12.8. The van der Waals surface area contributed by atoms with E-state index >= 15 is 0 Å². The molecule has 178 valence electrons. The third kappa shape index (κ3) is 4.30. The SMILES string of the molecule is C=CCC(O)(c1cccc2ccccc12)C(c1ccccc1)c1cc(-c2ccccc2)cnc1OC. The van der Waals surface area contributed by atoms with Crippen molar-refractivity contribution in [1.29, 1.82) is 0 Å². The summed E-state index contributed by atoms with van der Waals surface area (Å²) in [6.07, 6.45) is 3.96. The molecule has 0 amide bonds. The molecule has 0 spiro atoms. The van der Waals surface area contributed by atoms with Gasteiger partial charge in [0.05, 0.1) is 7.11 Å². The van der Waals surface area contributed by atoms with Crippen LogP contribution in [-0.4, -0.2) is 17.2 Å². The Morgan fingerprint density at radius 3 is 2.25 bits per heavy atom. The van der Waals surface area contributed by atoms with E-state index in [1.165, 1.54) is 0 Å².